The van der Waals surface area contributed by atoms with Gasteiger partial charge < -0.3 is 5.73 Å². The van der Waals surface area contributed by atoms with Crippen molar-refractivity contribution in [2.75, 3.05) is 0 Å². The molecule has 2 N–H and O–H groups in total. The summed E-state index contributed by atoms with van der Waals surface area (Å²) in [7, 11) is 0. The molecule has 0 bridgehead atoms. The number of aromatic nitrogens is 2. The molecule has 0 spiro atoms. The van der Waals surface area contributed by atoms with Gasteiger partial charge in [0.25, 0.3) is 0 Å². The highest BCUT2D eigenvalue weighted by atomic mass is 35.5. The second kappa shape index (κ2) is 7.17. The third-order valence-electron chi connectivity index (χ3n) is 2.01. The van der Waals surface area contributed by atoms with E-state index in [0.717, 1.165) is 17.0 Å². The summed E-state index contributed by atoms with van der Waals surface area (Å²) in [5.74, 6) is 0. The molecule has 1 aromatic heterocycles. The lowest BCUT2D eigenvalue weighted by Gasteiger charge is -2.04. The molecule has 0 amide bonds. The van der Waals surface area contributed by atoms with Crippen molar-refractivity contribution < 1.29 is 0 Å². The Bertz CT molecular complexity index is 421. The first-order chi connectivity index (χ1) is 6.92. The predicted molar refractivity (Wildman–Crippen MR) is 69.9 cm³/mol. The van der Waals surface area contributed by atoms with Crippen LogP contribution in [0.15, 0.2) is 42.7 Å². The van der Waals surface area contributed by atoms with E-state index in [1.54, 1.807) is 12.4 Å². The average Bonchev–Trinajstić information content (AvgIpc) is 2.30. The lowest BCUT2D eigenvalue weighted by molar-refractivity contribution is 0.969. The van der Waals surface area contributed by atoms with Crippen molar-refractivity contribution in [3.63, 3.8) is 0 Å². The van der Waals surface area contributed by atoms with Crippen LogP contribution in [0.2, 0.25) is 0 Å². The van der Waals surface area contributed by atoms with Crippen LogP contribution < -0.4 is 5.73 Å². The van der Waals surface area contributed by atoms with Gasteiger partial charge in [0.15, 0.2) is 0 Å². The molecule has 2 rings (SSSR count). The summed E-state index contributed by atoms with van der Waals surface area (Å²) in [4.78, 5) is 8.46. The fourth-order valence-electron chi connectivity index (χ4n) is 1.35. The van der Waals surface area contributed by atoms with Crippen molar-refractivity contribution in [1.29, 1.82) is 0 Å². The standard InChI is InChI=1S/C11H11N3.2ClH/c12-8-10-11(14-7-6-13-10)9-4-2-1-3-5-9;;/h1-7H,8,12H2;2*1H. The first-order valence-electron chi connectivity index (χ1n) is 4.47. The maximum Gasteiger partial charge on any atom is 0.0930 e. The number of benzene rings is 1. The molecule has 0 atom stereocenters. The largest absolute Gasteiger partial charge is 0.325 e. The highest BCUT2D eigenvalue weighted by Crippen LogP contribution is 2.18. The van der Waals surface area contributed by atoms with Crippen LogP contribution in [0.4, 0.5) is 0 Å². The van der Waals surface area contributed by atoms with E-state index >= 15 is 0 Å². The lowest BCUT2D eigenvalue weighted by atomic mass is 10.1. The Morgan fingerprint density at radius 1 is 0.938 bits per heavy atom. The molecule has 0 aliphatic carbocycles. The van der Waals surface area contributed by atoms with Crippen molar-refractivity contribution in [2.24, 2.45) is 5.73 Å². The predicted octanol–water partition coefficient (Wildman–Crippen LogP) is 2.45. The Labute approximate surface area is 107 Å². The minimum Gasteiger partial charge on any atom is -0.325 e. The van der Waals surface area contributed by atoms with Gasteiger partial charge in [-0.25, -0.2) is 0 Å². The minimum atomic E-state index is 0. The quantitative estimate of drug-likeness (QED) is 0.900. The zero-order valence-electron chi connectivity index (χ0n) is 8.54. The Balaban J connectivity index is 0.00000112. The van der Waals surface area contributed by atoms with E-state index < -0.39 is 0 Å². The molecule has 0 aliphatic heterocycles. The van der Waals surface area contributed by atoms with Gasteiger partial charge in [0.2, 0.25) is 0 Å². The van der Waals surface area contributed by atoms with Gasteiger partial charge in [-0.1, -0.05) is 30.3 Å². The van der Waals surface area contributed by atoms with Gasteiger partial charge in [0, 0.05) is 24.5 Å². The van der Waals surface area contributed by atoms with Crippen molar-refractivity contribution >= 4 is 24.8 Å². The monoisotopic (exact) mass is 257 g/mol. The number of nitrogens with zero attached hydrogens (tertiary/aromatic N) is 2. The van der Waals surface area contributed by atoms with Crippen LogP contribution >= 0.6 is 24.8 Å². The zero-order valence-corrected chi connectivity index (χ0v) is 10.2. The van der Waals surface area contributed by atoms with E-state index in [4.69, 9.17) is 5.73 Å². The summed E-state index contributed by atoms with van der Waals surface area (Å²) in [5.41, 5.74) is 8.35. The molecule has 16 heavy (non-hydrogen) atoms. The number of nitrogens with two attached hydrogens (primary N) is 1. The maximum absolute atomic E-state index is 5.59. The van der Waals surface area contributed by atoms with Gasteiger partial charge in [-0.15, -0.1) is 24.8 Å². The topological polar surface area (TPSA) is 51.8 Å². The molecular weight excluding hydrogens is 245 g/mol. The fourth-order valence-corrected chi connectivity index (χ4v) is 1.35. The molecule has 0 saturated heterocycles. The molecule has 5 heteroatoms. The third-order valence-corrected chi connectivity index (χ3v) is 2.01. The lowest BCUT2D eigenvalue weighted by Crippen LogP contribution is -2.03. The van der Waals surface area contributed by atoms with E-state index in [1.807, 2.05) is 30.3 Å². The summed E-state index contributed by atoms with van der Waals surface area (Å²) in [6.45, 7) is 0.415. The van der Waals surface area contributed by atoms with Crippen LogP contribution in [0.1, 0.15) is 5.69 Å². The number of halogens is 2. The number of rotatable bonds is 2. The van der Waals surface area contributed by atoms with Crippen LogP contribution in [0.3, 0.4) is 0 Å². The van der Waals surface area contributed by atoms with Gasteiger partial charge in [0.05, 0.1) is 11.4 Å². The molecule has 0 aliphatic rings. The molecule has 0 radical (unpaired) electrons. The van der Waals surface area contributed by atoms with Crippen LogP contribution in [0.5, 0.6) is 0 Å². The molecule has 86 valence electrons. The van der Waals surface area contributed by atoms with Gasteiger partial charge in [0.1, 0.15) is 0 Å². The van der Waals surface area contributed by atoms with Gasteiger partial charge in [-0.3, -0.25) is 9.97 Å². The normalized spacial score (nSPS) is 8.81. The minimum absolute atomic E-state index is 0. The second-order valence-corrected chi connectivity index (χ2v) is 2.92. The molecule has 1 aromatic carbocycles. The maximum atomic E-state index is 5.59. The third kappa shape index (κ3) is 3.17. The Kier molecular flexibility index (Phi) is 6.65. The second-order valence-electron chi connectivity index (χ2n) is 2.92. The molecular formula is C11H13Cl2N3. The van der Waals surface area contributed by atoms with E-state index in [0.29, 0.717) is 6.54 Å². The zero-order chi connectivity index (χ0) is 9.80. The van der Waals surface area contributed by atoms with Crippen LogP contribution in [-0.4, -0.2) is 9.97 Å². The van der Waals surface area contributed by atoms with E-state index in [9.17, 15) is 0 Å². The summed E-state index contributed by atoms with van der Waals surface area (Å²) in [6.07, 6.45) is 3.34. The highest BCUT2D eigenvalue weighted by molar-refractivity contribution is 5.85. The van der Waals surface area contributed by atoms with Crippen LogP contribution in [-0.2, 0) is 6.54 Å². The summed E-state index contributed by atoms with van der Waals surface area (Å²) in [5, 5.41) is 0. The molecule has 0 saturated carbocycles. The average molecular weight is 258 g/mol. The molecule has 0 unspecified atom stereocenters. The Morgan fingerprint density at radius 2 is 1.56 bits per heavy atom. The van der Waals surface area contributed by atoms with Crippen molar-refractivity contribution in [2.45, 2.75) is 6.54 Å². The van der Waals surface area contributed by atoms with Gasteiger partial charge in [-0.2, -0.15) is 0 Å². The smallest absolute Gasteiger partial charge is 0.0930 e. The van der Waals surface area contributed by atoms with Crippen molar-refractivity contribution in [1.82, 2.24) is 9.97 Å². The first kappa shape index (κ1) is 14.8. The number of hydrogen-bond acceptors (Lipinski definition) is 3. The Morgan fingerprint density at radius 3 is 2.19 bits per heavy atom. The highest BCUT2D eigenvalue weighted by Gasteiger charge is 2.04. The molecule has 3 nitrogen and oxygen atoms in total. The first-order valence-corrected chi connectivity index (χ1v) is 4.47. The molecule has 2 aromatic rings. The SMILES string of the molecule is Cl.Cl.NCc1nccnc1-c1ccccc1. The van der Waals surface area contributed by atoms with Crippen molar-refractivity contribution in [3.8, 4) is 11.3 Å². The summed E-state index contributed by atoms with van der Waals surface area (Å²) >= 11 is 0. The summed E-state index contributed by atoms with van der Waals surface area (Å²) < 4.78 is 0. The molecule has 0 fully saturated rings. The van der Waals surface area contributed by atoms with Crippen molar-refractivity contribution in [3.05, 3.63) is 48.4 Å². The van der Waals surface area contributed by atoms with Gasteiger partial charge >= 0.3 is 0 Å². The van der Waals surface area contributed by atoms with Gasteiger partial charge in [-0.05, 0) is 0 Å². The Hall–Kier alpha value is -1.16. The fraction of sp³-hybridized carbons (Fsp3) is 0.0909. The summed E-state index contributed by atoms with van der Waals surface area (Å²) in [6, 6.07) is 9.93. The van der Waals surface area contributed by atoms with E-state index in [-0.39, 0.29) is 24.8 Å². The van der Waals surface area contributed by atoms with Crippen LogP contribution in [0, 0.1) is 0 Å². The number of hydrogen-bond donors (Lipinski definition) is 1. The molecule has 1 heterocycles. The van der Waals surface area contributed by atoms with E-state index in [1.165, 1.54) is 0 Å². The van der Waals surface area contributed by atoms with E-state index in [2.05, 4.69) is 9.97 Å². The van der Waals surface area contributed by atoms with Crippen LogP contribution in [0.25, 0.3) is 11.3 Å².